The van der Waals surface area contributed by atoms with Crippen LogP contribution in [0.1, 0.15) is 11.1 Å². The van der Waals surface area contributed by atoms with E-state index in [4.69, 9.17) is 0 Å². The van der Waals surface area contributed by atoms with Crippen LogP contribution in [0, 0.1) is 19.7 Å². The molecular formula is C14H13FO2S. The highest BCUT2D eigenvalue weighted by Crippen LogP contribution is 2.22. The van der Waals surface area contributed by atoms with Gasteiger partial charge in [-0.05, 0) is 49.7 Å². The van der Waals surface area contributed by atoms with Gasteiger partial charge in [-0.1, -0.05) is 17.7 Å². The fourth-order valence-electron chi connectivity index (χ4n) is 1.64. The summed E-state index contributed by atoms with van der Waals surface area (Å²) in [6.45, 7) is 3.43. The second-order valence-corrected chi connectivity index (χ2v) is 6.18. The molecule has 0 aliphatic heterocycles. The first-order chi connectivity index (χ1) is 8.41. The van der Waals surface area contributed by atoms with E-state index in [9.17, 15) is 12.8 Å². The van der Waals surface area contributed by atoms with Crippen molar-refractivity contribution in [3.63, 3.8) is 0 Å². The fraction of sp³-hybridized carbons (Fsp3) is 0.143. The van der Waals surface area contributed by atoms with E-state index in [1.807, 2.05) is 6.92 Å². The van der Waals surface area contributed by atoms with Crippen LogP contribution in [0.3, 0.4) is 0 Å². The molecule has 4 heteroatoms. The SMILES string of the molecule is Cc1ccc(S(=O)(=O)c2ccc(F)c(C)c2)cc1. The summed E-state index contributed by atoms with van der Waals surface area (Å²) in [5, 5.41) is 0. The van der Waals surface area contributed by atoms with Gasteiger partial charge in [-0.3, -0.25) is 0 Å². The van der Waals surface area contributed by atoms with Gasteiger partial charge in [0.05, 0.1) is 9.79 Å². The first kappa shape index (κ1) is 12.8. The Labute approximate surface area is 106 Å². The van der Waals surface area contributed by atoms with Crippen LogP contribution in [-0.2, 0) is 9.84 Å². The topological polar surface area (TPSA) is 34.1 Å². The standard InChI is InChI=1S/C14H13FO2S/c1-10-3-5-12(6-4-10)18(16,17)13-7-8-14(15)11(2)9-13/h3-9H,1-2H3. The molecule has 2 nitrogen and oxygen atoms in total. The summed E-state index contributed by atoms with van der Waals surface area (Å²) in [6.07, 6.45) is 0. The van der Waals surface area contributed by atoms with E-state index in [1.165, 1.54) is 18.2 Å². The van der Waals surface area contributed by atoms with Crippen LogP contribution < -0.4 is 0 Å². The minimum atomic E-state index is -3.56. The average molecular weight is 264 g/mol. The largest absolute Gasteiger partial charge is 0.219 e. The number of hydrogen-bond donors (Lipinski definition) is 0. The van der Waals surface area contributed by atoms with Gasteiger partial charge in [0.15, 0.2) is 0 Å². The lowest BCUT2D eigenvalue weighted by atomic mass is 10.2. The van der Waals surface area contributed by atoms with Gasteiger partial charge in [0.25, 0.3) is 0 Å². The van der Waals surface area contributed by atoms with Crippen LogP contribution >= 0.6 is 0 Å². The summed E-state index contributed by atoms with van der Waals surface area (Å²) in [5.74, 6) is -0.405. The van der Waals surface area contributed by atoms with E-state index in [1.54, 1.807) is 31.2 Å². The van der Waals surface area contributed by atoms with Crippen molar-refractivity contribution in [2.45, 2.75) is 23.6 Å². The van der Waals surface area contributed by atoms with Crippen molar-refractivity contribution in [2.75, 3.05) is 0 Å². The highest BCUT2D eigenvalue weighted by molar-refractivity contribution is 7.91. The minimum absolute atomic E-state index is 0.116. The quantitative estimate of drug-likeness (QED) is 0.780. The normalized spacial score (nSPS) is 11.5. The molecule has 0 spiro atoms. The summed E-state index contributed by atoms with van der Waals surface area (Å²) < 4.78 is 37.7. The zero-order valence-electron chi connectivity index (χ0n) is 10.1. The molecule has 0 heterocycles. The number of hydrogen-bond acceptors (Lipinski definition) is 2. The molecule has 0 N–H and O–H groups in total. The number of benzene rings is 2. The predicted octanol–water partition coefficient (Wildman–Crippen LogP) is 3.28. The Morgan fingerprint density at radius 1 is 0.889 bits per heavy atom. The molecule has 0 saturated carbocycles. The Hall–Kier alpha value is -1.68. The van der Waals surface area contributed by atoms with E-state index in [0.29, 0.717) is 5.56 Å². The minimum Gasteiger partial charge on any atom is -0.219 e. The van der Waals surface area contributed by atoms with E-state index >= 15 is 0 Å². The maximum atomic E-state index is 13.1. The molecule has 0 aromatic heterocycles. The maximum Gasteiger partial charge on any atom is 0.206 e. The lowest BCUT2D eigenvalue weighted by molar-refractivity contribution is 0.593. The summed E-state index contributed by atoms with van der Waals surface area (Å²) in [6, 6.07) is 10.4. The van der Waals surface area contributed by atoms with Crippen molar-refractivity contribution in [1.29, 1.82) is 0 Å². The lowest BCUT2D eigenvalue weighted by Gasteiger charge is -2.06. The molecule has 2 aromatic rings. The van der Waals surface area contributed by atoms with Crippen molar-refractivity contribution < 1.29 is 12.8 Å². The summed E-state index contributed by atoms with van der Waals surface area (Å²) in [7, 11) is -3.56. The number of sulfone groups is 1. The van der Waals surface area contributed by atoms with Gasteiger partial charge in [-0.25, -0.2) is 12.8 Å². The third kappa shape index (κ3) is 2.29. The molecule has 94 valence electrons. The Morgan fingerprint density at radius 2 is 1.44 bits per heavy atom. The van der Waals surface area contributed by atoms with Crippen LogP contribution in [0.2, 0.25) is 0 Å². The first-order valence-corrected chi connectivity index (χ1v) is 6.97. The molecule has 0 unspecified atom stereocenters. The number of rotatable bonds is 2. The van der Waals surface area contributed by atoms with Gasteiger partial charge >= 0.3 is 0 Å². The third-order valence-corrected chi connectivity index (χ3v) is 4.54. The van der Waals surface area contributed by atoms with Crippen molar-refractivity contribution in [3.05, 3.63) is 59.4 Å². The molecule has 0 radical (unpaired) electrons. The molecule has 2 aromatic carbocycles. The molecule has 2 rings (SSSR count). The maximum absolute atomic E-state index is 13.1. The Morgan fingerprint density at radius 3 is 2.00 bits per heavy atom. The second kappa shape index (κ2) is 4.53. The number of halogens is 1. The van der Waals surface area contributed by atoms with Crippen molar-refractivity contribution >= 4 is 9.84 Å². The Bertz CT molecular complexity index is 673. The molecule has 0 aliphatic carbocycles. The second-order valence-electron chi connectivity index (χ2n) is 4.23. The summed E-state index contributed by atoms with van der Waals surface area (Å²) >= 11 is 0. The van der Waals surface area contributed by atoms with Crippen LogP contribution in [-0.4, -0.2) is 8.42 Å². The smallest absolute Gasteiger partial charge is 0.206 e. The molecule has 0 aliphatic rings. The highest BCUT2D eigenvalue weighted by atomic mass is 32.2. The van der Waals surface area contributed by atoms with Crippen LogP contribution in [0.4, 0.5) is 4.39 Å². The van der Waals surface area contributed by atoms with E-state index < -0.39 is 15.7 Å². The molecule has 0 amide bonds. The predicted molar refractivity (Wildman–Crippen MR) is 67.8 cm³/mol. The van der Waals surface area contributed by atoms with Gasteiger partial charge < -0.3 is 0 Å². The lowest BCUT2D eigenvalue weighted by Crippen LogP contribution is -2.02. The zero-order valence-corrected chi connectivity index (χ0v) is 11.0. The Balaban J connectivity index is 2.54. The zero-order chi connectivity index (χ0) is 13.3. The van der Waals surface area contributed by atoms with Crippen molar-refractivity contribution in [1.82, 2.24) is 0 Å². The van der Waals surface area contributed by atoms with Gasteiger partial charge in [0.2, 0.25) is 9.84 Å². The number of aryl methyl sites for hydroxylation is 2. The van der Waals surface area contributed by atoms with Crippen molar-refractivity contribution in [3.8, 4) is 0 Å². The van der Waals surface area contributed by atoms with Gasteiger partial charge in [0, 0.05) is 0 Å². The first-order valence-electron chi connectivity index (χ1n) is 5.49. The van der Waals surface area contributed by atoms with Crippen molar-refractivity contribution in [2.24, 2.45) is 0 Å². The molecule has 0 saturated heterocycles. The molecule has 0 fully saturated rings. The van der Waals surface area contributed by atoms with Gasteiger partial charge in [-0.15, -0.1) is 0 Å². The molecular weight excluding hydrogens is 251 g/mol. The molecule has 0 bridgehead atoms. The molecule has 0 atom stereocenters. The molecule has 18 heavy (non-hydrogen) atoms. The van der Waals surface area contributed by atoms with Gasteiger partial charge in [0.1, 0.15) is 5.82 Å². The highest BCUT2D eigenvalue weighted by Gasteiger charge is 2.18. The van der Waals surface area contributed by atoms with E-state index in [-0.39, 0.29) is 9.79 Å². The van der Waals surface area contributed by atoms with E-state index in [2.05, 4.69) is 0 Å². The van der Waals surface area contributed by atoms with Crippen LogP contribution in [0.15, 0.2) is 52.3 Å². The average Bonchev–Trinajstić information content (AvgIpc) is 2.33. The van der Waals surface area contributed by atoms with Crippen LogP contribution in [0.5, 0.6) is 0 Å². The summed E-state index contributed by atoms with van der Waals surface area (Å²) in [4.78, 5) is 0.337. The monoisotopic (exact) mass is 264 g/mol. The third-order valence-electron chi connectivity index (χ3n) is 2.77. The fourth-order valence-corrected chi connectivity index (χ4v) is 2.98. The Kier molecular flexibility index (Phi) is 3.22. The van der Waals surface area contributed by atoms with Crippen LogP contribution in [0.25, 0.3) is 0 Å². The van der Waals surface area contributed by atoms with E-state index in [0.717, 1.165) is 5.56 Å². The summed E-state index contributed by atoms with van der Waals surface area (Å²) in [5.41, 5.74) is 1.31. The van der Waals surface area contributed by atoms with Gasteiger partial charge in [-0.2, -0.15) is 0 Å².